The van der Waals surface area contributed by atoms with Crippen LogP contribution in [0.1, 0.15) is 13.8 Å². The molecule has 0 saturated heterocycles. The predicted molar refractivity (Wildman–Crippen MR) is 78.5 cm³/mol. The summed E-state index contributed by atoms with van der Waals surface area (Å²) in [5.41, 5.74) is 1.31. The molecule has 102 valence electrons. The lowest BCUT2D eigenvalue weighted by Crippen LogP contribution is -2.29. The van der Waals surface area contributed by atoms with E-state index < -0.39 is 5.41 Å². The van der Waals surface area contributed by atoms with Gasteiger partial charge in [-0.1, -0.05) is 23.1 Å². The Bertz CT molecular complexity index is 629. The molecule has 0 bridgehead atoms. The normalized spacial score (nSPS) is 10.8. The third-order valence-electron chi connectivity index (χ3n) is 2.50. The molecule has 0 atom stereocenters. The minimum atomic E-state index is -1.04. The number of nitrogens with zero attached hydrogens (tertiary/aromatic N) is 3. The average molecular weight is 304 g/mol. The van der Waals surface area contributed by atoms with Gasteiger partial charge in [0.2, 0.25) is 5.91 Å². The summed E-state index contributed by atoms with van der Waals surface area (Å²) in [4.78, 5) is 12.9. The molecular weight excluding hydrogens is 292 g/mol. The van der Waals surface area contributed by atoms with Gasteiger partial charge in [-0.05, 0) is 38.1 Å². The molecule has 0 aliphatic rings. The summed E-state index contributed by atoms with van der Waals surface area (Å²) in [7, 11) is 0. The minimum absolute atomic E-state index is 0.315. The van der Waals surface area contributed by atoms with Gasteiger partial charge in [-0.25, -0.2) is 0 Å². The Morgan fingerprint density at radius 3 is 2.65 bits per heavy atom. The molecule has 0 aliphatic heterocycles. The third-order valence-corrected chi connectivity index (χ3v) is 4.29. The van der Waals surface area contributed by atoms with Crippen LogP contribution in [0, 0.1) is 16.7 Å². The van der Waals surface area contributed by atoms with Crippen molar-refractivity contribution in [3.05, 3.63) is 29.8 Å². The number of aromatic nitrogens is 2. The maximum Gasteiger partial charge on any atom is 0.244 e. The first-order chi connectivity index (χ1) is 9.51. The number of nitrogens with one attached hydrogen (secondary N) is 1. The van der Waals surface area contributed by atoms with Gasteiger partial charge in [0, 0.05) is 10.6 Å². The lowest BCUT2D eigenvalue weighted by atomic mass is 9.95. The highest BCUT2D eigenvalue weighted by atomic mass is 32.2. The Balaban J connectivity index is 2.02. The second-order valence-electron chi connectivity index (χ2n) is 4.52. The molecule has 0 unspecified atom stereocenters. The number of benzene rings is 1. The molecule has 2 aromatic rings. The number of amides is 1. The summed E-state index contributed by atoms with van der Waals surface area (Å²) < 4.78 is 0.868. The fraction of sp³-hybridized carbons (Fsp3) is 0.231. The van der Waals surface area contributed by atoms with Crippen LogP contribution in [0.2, 0.25) is 0 Å². The second kappa shape index (κ2) is 6.03. The zero-order valence-electron chi connectivity index (χ0n) is 11.0. The van der Waals surface area contributed by atoms with Gasteiger partial charge in [0.05, 0.1) is 6.07 Å². The lowest BCUT2D eigenvalue weighted by Gasteiger charge is -2.15. The Morgan fingerprint density at radius 1 is 1.40 bits per heavy atom. The molecule has 2 rings (SSSR count). The van der Waals surface area contributed by atoms with Gasteiger partial charge in [0.1, 0.15) is 10.9 Å². The molecule has 1 aromatic heterocycles. The van der Waals surface area contributed by atoms with Crippen LogP contribution >= 0.6 is 23.1 Å². The van der Waals surface area contributed by atoms with Crippen LogP contribution in [0.15, 0.2) is 39.0 Å². The van der Waals surface area contributed by atoms with E-state index in [1.165, 1.54) is 23.1 Å². The molecule has 0 saturated carbocycles. The van der Waals surface area contributed by atoms with Crippen LogP contribution in [-0.2, 0) is 4.79 Å². The summed E-state index contributed by atoms with van der Waals surface area (Å²) in [5.74, 6) is -0.315. The highest BCUT2D eigenvalue weighted by Gasteiger charge is 2.27. The van der Waals surface area contributed by atoms with Crippen molar-refractivity contribution < 1.29 is 4.79 Å². The van der Waals surface area contributed by atoms with Crippen LogP contribution in [0.4, 0.5) is 5.69 Å². The summed E-state index contributed by atoms with van der Waals surface area (Å²) in [6.07, 6.45) is 0. The van der Waals surface area contributed by atoms with Crippen molar-refractivity contribution in [2.24, 2.45) is 5.41 Å². The molecule has 20 heavy (non-hydrogen) atoms. The largest absolute Gasteiger partial charge is 0.325 e. The summed E-state index contributed by atoms with van der Waals surface area (Å²) in [6.45, 7) is 3.17. The number of carbonyl (C=O) groups excluding carboxylic acids is 1. The number of carbonyl (C=O) groups is 1. The molecule has 0 fully saturated rings. The smallest absolute Gasteiger partial charge is 0.244 e. The SMILES string of the molecule is CC(C)(C#N)C(=O)Nc1ccc(Sc2nncs2)cc1. The Hall–Kier alpha value is -1.91. The Kier molecular flexibility index (Phi) is 4.37. The van der Waals surface area contributed by atoms with E-state index in [0.717, 1.165) is 9.24 Å². The van der Waals surface area contributed by atoms with E-state index in [2.05, 4.69) is 15.5 Å². The number of nitriles is 1. The molecule has 1 aromatic carbocycles. The molecule has 1 amide bonds. The van der Waals surface area contributed by atoms with Gasteiger partial charge in [-0.3, -0.25) is 4.79 Å². The molecule has 0 radical (unpaired) electrons. The lowest BCUT2D eigenvalue weighted by molar-refractivity contribution is -0.121. The monoisotopic (exact) mass is 304 g/mol. The van der Waals surface area contributed by atoms with E-state index >= 15 is 0 Å². The first-order valence-electron chi connectivity index (χ1n) is 5.78. The van der Waals surface area contributed by atoms with E-state index in [1.54, 1.807) is 31.5 Å². The highest BCUT2D eigenvalue weighted by Crippen LogP contribution is 2.29. The van der Waals surface area contributed by atoms with Gasteiger partial charge in [0.25, 0.3) is 0 Å². The van der Waals surface area contributed by atoms with Gasteiger partial charge in [-0.15, -0.1) is 10.2 Å². The van der Waals surface area contributed by atoms with Gasteiger partial charge in [0.15, 0.2) is 4.34 Å². The van der Waals surface area contributed by atoms with Crippen molar-refractivity contribution in [1.82, 2.24) is 10.2 Å². The summed E-state index contributed by atoms with van der Waals surface area (Å²) in [6, 6.07) is 9.35. The van der Waals surface area contributed by atoms with E-state index in [1.807, 2.05) is 18.2 Å². The van der Waals surface area contributed by atoms with E-state index in [9.17, 15) is 4.79 Å². The maximum absolute atomic E-state index is 11.9. The zero-order valence-corrected chi connectivity index (χ0v) is 12.6. The van der Waals surface area contributed by atoms with Crippen LogP contribution in [0.3, 0.4) is 0 Å². The Morgan fingerprint density at radius 2 is 2.10 bits per heavy atom. The van der Waals surface area contributed by atoms with Crippen molar-refractivity contribution in [3.63, 3.8) is 0 Å². The van der Waals surface area contributed by atoms with Crippen LogP contribution in [0.25, 0.3) is 0 Å². The molecule has 1 N–H and O–H groups in total. The molecule has 0 aliphatic carbocycles. The number of hydrogen-bond donors (Lipinski definition) is 1. The average Bonchev–Trinajstić information content (AvgIpc) is 2.94. The van der Waals surface area contributed by atoms with Gasteiger partial charge in [-0.2, -0.15) is 5.26 Å². The molecule has 1 heterocycles. The summed E-state index contributed by atoms with van der Waals surface area (Å²) in [5, 5.41) is 19.4. The van der Waals surface area contributed by atoms with Crippen molar-refractivity contribution in [2.45, 2.75) is 23.1 Å². The standard InChI is InChI=1S/C13H12N4OS2/c1-13(2,7-14)11(18)16-9-3-5-10(6-4-9)20-12-17-15-8-19-12/h3-6,8H,1-2H3,(H,16,18). The van der Waals surface area contributed by atoms with E-state index in [0.29, 0.717) is 5.69 Å². The van der Waals surface area contributed by atoms with Crippen LogP contribution in [0.5, 0.6) is 0 Å². The van der Waals surface area contributed by atoms with Crippen LogP contribution < -0.4 is 5.32 Å². The van der Waals surface area contributed by atoms with E-state index in [-0.39, 0.29) is 5.91 Å². The van der Waals surface area contributed by atoms with Gasteiger partial charge >= 0.3 is 0 Å². The fourth-order valence-electron chi connectivity index (χ4n) is 1.25. The fourth-order valence-corrected chi connectivity index (χ4v) is 2.70. The topological polar surface area (TPSA) is 78.7 Å². The van der Waals surface area contributed by atoms with Crippen LogP contribution in [-0.4, -0.2) is 16.1 Å². The number of hydrogen-bond acceptors (Lipinski definition) is 6. The first kappa shape index (κ1) is 14.5. The molecular formula is C13H12N4OS2. The summed E-state index contributed by atoms with van der Waals surface area (Å²) >= 11 is 2.99. The van der Waals surface area contributed by atoms with E-state index in [4.69, 9.17) is 5.26 Å². The van der Waals surface area contributed by atoms with Crippen molar-refractivity contribution in [1.29, 1.82) is 5.26 Å². The highest BCUT2D eigenvalue weighted by molar-refractivity contribution is 8.01. The number of anilines is 1. The van der Waals surface area contributed by atoms with Gasteiger partial charge < -0.3 is 5.32 Å². The Labute approximate surface area is 125 Å². The van der Waals surface area contributed by atoms with Crippen molar-refractivity contribution in [2.75, 3.05) is 5.32 Å². The molecule has 0 spiro atoms. The third kappa shape index (κ3) is 3.56. The quantitative estimate of drug-likeness (QED) is 0.938. The predicted octanol–water partition coefficient (Wildman–Crippen LogP) is 3.18. The maximum atomic E-state index is 11.9. The van der Waals surface area contributed by atoms with Crippen molar-refractivity contribution >= 4 is 34.7 Å². The first-order valence-corrected chi connectivity index (χ1v) is 7.48. The molecule has 7 heteroatoms. The van der Waals surface area contributed by atoms with Crippen molar-refractivity contribution in [3.8, 4) is 6.07 Å². The molecule has 5 nitrogen and oxygen atoms in total. The second-order valence-corrected chi connectivity index (χ2v) is 6.68. The minimum Gasteiger partial charge on any atom is -0.325 e. The zero-order chi connectivity index (χ0) is 14.6. The number of rotatable bonds is 4.